The zero-order chi connectivity index (χ0) is 48.6. The monoisotopic (exact) mass is 935 g/mol. The van der Waals surface area contributed by atoms with Crippen molar-refractivity contribution in [3.05, 3.63) is 72.9 Å². The second-order valence-corrected chi connectivity index (χ2v) is 18.8. The molecule has 0 bridgehead atoms. The molecule has 0 unspecified atom stereocenters. The maximum absolute atomic E-state index is 12.9. The Hall–Kier alpha value is -3.15. The van der Waals surface area contributed by atoms with Crippen LogP contribution in [0.15, 0.2) is 72.9 Å². The van der Waals surface area contributed by atoms with Crippen LogP contribution in [0.3, 0.4) is 0 Å². The predicted octanol–water partition coefficient (Wildman–Crippen LogP) is 19.0. The number of ether oxygens (including phenoxy) is 3. The number of unbranched alkanes of at least 4 members (excludes halogenated alkanes) is 28. The Kier molecular flexibility index (Phi) is 52.8. The van der Waals surface area contributed by atoms with Crippen molar-refractivity contribution in [2.45, 2.75) is 284 Å². The second kappa shape index (κ2) is 55.4. The lowest BCUT2D eigenvalue weighted by Gasteiger charge is -2.18. The van der Waals surface area contributed by atoms with Crippen molar-refractivity contribution in [2.24, 2.45) is 0 Å². The fourth-order valence-electron chi connectivity index (χ4n) is 7.93. The summed E-state index contributed by atoms with van der Waals surface area (Å²) in [5.41, 5.74) is 0. The van der Waals surface area contributed by atoms with Gasteiger partial charge in [0.25, 0.3) is 0 Å². The zero-order valence-electron chi connectivity index (χ0n) is 44.2. The predicted molar refractivity (Wildman–Crippen MR) is 288 cm³/mol. The van der Waals surface area contributed by atoms with Gasteiger partial charge in [-0.2, -0.15) is 0 Å². The molecule has 1 atom stereocenters. The molecule has 0 aromatic carbocycles. The van der Waals surface area contributed by atoms with E-state index in [1.807, 2.05) is 0 Å². The number of carbonyl (C=O) groups is 3. The Morgan fingerprint density at radius 1 is 0.313 bits per heavy atom. The fraction of sp³-hybridized carbons (Fsp3) is 0.754. The van der Waals surface area contributed by atoms with E-state index in [4.69, 9.17) is 14.2 Å². The van der Waals surface area contributed by atoms with E-state index in [-0.39, 0.29) is 31.1 Å². The summed E-state index contributed by atoms with van der Waals surface area (Å²) in [5.74, 6) is -0.927. The molecule has 0 aliphatic rings. The molecule has 0 spiro atoms. The summed E-state index contributed by atoms with van der Waals surface area (Å²) < 4.78 is 16.8. The normalized spacial score (nSPS) is 12.6. The van der Waals surface area contributed by atoms with E-state index >= 15 is 0 Å². The van der Waals surface area contributed by atoms with Gasteiger partial charge in [-0.15, -0.1) is 0 Å². The van der Waals surface area contributed by atoms with Crippen molar-refractivity contribution in [1.29, 1.82) is 0 Å². The highest BCUT2D eigenvalue weighted by atomic mass is 16.6. The minimum atomic E-state index is -0.793. The van der Waals surface area contributed by atoms with Crippen molar-refractivity contribution < 1.29 is 28.6 Å². The van der Waals surface area contributed by atoms with Crippen LogP contribution in [0.4, 0.5) is 0 Å². The Morgan fingerprint density at radius 2 is 0.582 bits per heavy atom. The maximum Gasteiger partial charge on any atom is 0.306 e. The Bertz CT molecular complexity index is 1260. The molecule has 386 valence electrons. The molecule has 0 aromatic heterocycles. The van der Waals surface area contributed by atoms with Gasteiger partial charge >= 0.3 is 17.9 Å². The van der Waals surface area contributed by atoms with Crippen molar-refractivity contribution >= 4 is 17.9 Å². The van der Waals surface area contributed by atoms with Gasteiger partial charge < -0.3 is 14.2 Å². The molecule has 67 heavy (non-hydrogen) atoms. The van der Waals surface area contributed by atoms with Crippen LogP contribution in [0.25, 0.3) is 0 Å². The molecule has 0 rings (SSSR count). The van der Waals surface area contributed by atoms with Gasteiger partial charge in [0.2, 0.25) is 0 Å². The van der Waals surface area contributed by atoms with Gasteiger partial charge in [-0.3, -0.25) is 14.4 Å². The first kappa shape index (κ1) is 63.8. The Balaban J connectivity index is 4.42. The molecular formula is C61H106O6. The molecule has 0 amide bonds. The average molecular weight is 936 g/mol. The average Bonchev–Trinajstić information content (AvgIpc) is 3.33. The van der Waals surface area contributed by atoms with Crippen molar-refractivity contribution in [2.75, 3.05) is 13.2 Å². The highest BCUT2D eigenvalue weighted by Gasteiger charge is 2.19. The maximum atomic E-state index is 12.9. The molecule has 6 heteroatoms. The quantitative estimate of drug-likeness (QED) is 0.0262. The van der Waals surface area contributed by atoms with E-state index in [0.29, 0.717) is 19.3 Å². The third kappa shape index (κ3) is 53.7. The summed E-state index contributed by atoms with van der Waals surface area (Å²) in [6.07, 6.45) is 70.3. The first-order valence-corrected chi connectivity index (χ1v) is 28.4. The number of hydrogen-bond acceptors (Lipinski definition) is 6. The number of rotatable bonds is 51. The van der Waals surface area contributed by atoms with Gasteiger partial charge in [0.05, 0.1) is 0 Å². The van der Waals surface area contributed by atoms with E-state index in [0.717, 1.165) is 89.9 Å². The number of esters is 3. The van der Waals surface area contributed by atoms with Gasteiger partial charge in [0.1, 0.15) is 13.2 Å². The van der Waals surface area contributed by atoms with Crippen LogP contribution in [-0.4, -0.2) is 37.2 Å². The van der Waals surface area contributed by atoms with Gasteiger partial charge in [-0.1, -0.05) is 241 Å². The largest absolute Gasteiger partial charge is 0.462 e. The molecule has 0 saturated carbocycles. The second-order valence-electron chi connectivity index (χ2n) is 18.8. The van der Waals surface area contributed by atoms with Crippen LogP contribution in [-0.2, 0) is 28.6 Å². The molecule has 0 aromatic rings. The van der Waals surface area contributed by atoms with Crippen molar-refractivity contribution in [3.63, 3.8) is 0 Å². The molecule has 0 aliphatic heterocycles. The van der Waals surface area contributed by atoms with Gasteiger partial charge in [0, 0.05) is 19.3 Å². The highest BCUT2D eigenvalue weighted by Crippen LogP contribution is 2.16. The van der Waals surface area contributed by atoms with E-state index in [1.54, 1.807) is 0 Å². The summed E-state index contributed by atoms with van der Waals surface area (Å²) in [7, 11) is 0. The summed E-state index contributed by atoms with van der Waals surface area (Å²) in [6, 6.07) is 0. The van der Waals surface area contributed by atoms with Crippen LogP contribution in [0, 0.1) is 0 Å². The highest BCUT2D eigenvalue weighted by molar-refractivity contribution is 5.71. The SMILES string of the molecule is CC/C=C\C/C=C\C/C=C\C/C=C\CCCCC(=O)OC[C@H](COC(=O)CCCCCCCCCCCCCCCCC)OC(=O)CCCCCCCCCCC/C=C\C/C=C\CCCCC. The summed E-state index contributed by atoms with van der Waals surface area (Å²) in [6.45, 7) is 6.48. The van der Waals surface area contributed by atoms with Gasteiger partial charge in [-0.25, -0.2) is 0 Å². The molecule has 0 N–H and O–H groups in total. The smallest absolute Gasteiger partial charge is 0.306 e. The molecule has 6 nitrogen and oxygen atoms in total. The first-order valence-electron chi connectivity index (χ1n) is 28.4. The third-order valence-electron chi connectivity index (χ3n) is 12.2. The minimum Gasteiger partial charge on any atom is -0.462 e. The van der Waals surface area contributed by atoms with E-state index in [9.17, 15) is 14.4 Å². The lowest BCUT2D eigenvalue weighted by atomic mass is 10.0. The topological polar surface area (TPSA) is 78.9 Å². The molecule has 0 fully saturated rings. The fourth-order valence-corrected chi connectivity index (χ4v) is 7.93. The standard InChI is InChI=1S/C61H106O6/c1-4-7-10-13-16-19-22-25-28-29-30-31-34-37-40-43-46-49-52-55-61(64)67-58(56-65-59(62)53-50-47-44-41-38-35-32-26-23-20-17-14-11-8-5-2)57-66-60(63)54-51-48-45-42-39-36-33-27-24-21-18-15-12-9-6-3/h8,11,16-17,19-20,25-26,28,32,38,41,58H,4-7,9-10,12-15,18,21-24,27,29-31,33-37,39-40,42-57H2,1-3H3/b11-8-,19-16-,20-17-,28-25-,32-26-,41-38-/t58-/m1/s1. The molecule has 0 radical (unpaired) electrons. The molecular weight excluding hydrogens is 829 g/mol. The van der Waals surface area contributed by atoms with Crippen LogP contribution in [0.2, 0.25) is 0 Å². The number of hydrogen-bond donors (Lipinski definition) is 0. The van der Waals surface area contributed by atoms with Crippen molar-refractivity contribution in [1.82, 2.24) is 0 Å². The Morgan fingerprint density at radius 3 is 0.970 bits per heavy atom. The van der Waals surface area contributed by atoms with Crippen LogP contribution in [0.5, 0.6) is 0 Å². The molecule has 0 saturated heterocycles. The van der Waals surface area contributed by atoms with Crippen LogP contribution < -0.4 is 0 Å². The number of allylic oxidation sites excluding steroid dienone is 12. The first-order chi connectivity index (χ1) is 33.0. The van der Waals surface area contributed by atoms with Gasteiger partial charge in [-0.05, 0) is 89.9 Å². The lowest BCUT2D eigenvalue weighted by molar-refractivity contribution is -0.167. The van der Waals surface area contributed by atoms with Crippen LogP contribution in [0.1, 0.15) is 278 Å². The van der Waals surface area contributed by atoms with E-state index < -0.39 is 6.10 Å². The third-order valence-corrected chi connectivity index (χ3v) is 12.2. The summed E-state index contributed by atoms with van der Waals surface area (Å²) in [4.78, 5) is 38.1. The van der Waals surface area contributed by atoms with E-state index in [1.165, 1.54) is 148 Å². The molecule has 0 heterocycles. The zero-order valence-corrected chi connectivity index (χ0v) is 44.2. The van der Waals surface area contributed by atoms with Crippen LogP contribution >= 0.6 is 0 Å². The van der Waals surface area contributed by atoms with Crippen molar-refractivity contribution in [3.8, 4) is 0 Å². The minimum absolute atomic E-state index is 0.0880. The number of carbonyl (C=O) groups excluding carboxylic acids is 3. The van der Waals surface area contributed by atoms with Gasteiger partial charge in [0.15, 0.2) is 6.10 Å². The lowest BCUT2D eigenvalue weighted by Crippen LogP contribution is -2.30. The Labute approximate surface area is 414 Å². The van der Waals surface area contributed by atoms with E-state index in [2.05, 4.69) is 93.7 Å². The summed E-state index contributed by atoms with van der Waals surface area (Å²) >= 11 is 0. The molecule has 0 aliphatic carbocycles. The summed E-state index contributed by atoms with van der Waals surface area (Å²) in [5, 5.41) is 0.